The zero-order chi connectivity index (χ0) is 24.2. The first kappa shape index (κ1) is 24.6. The molecule has 1 aliphatic heterocycles. The summed E-state index contributed by atoms with van der Waals surface area (Å²) in [6.45, 7) is 7.07. The van der Waals surface area contributed by atoms with Crippen molar-refractivity contribution in [2.45, 2.75) is 44.4 Å². The predicted molar refractivity (Wildman–Crippen MR) is 126 cm³/mol. The maximum Gasteiger partial charge on any atom is 0.335 e. The van der Waals surface area contributed by atoms with Crippen LogP contribution in [0.5, 0.6) is 0 Å². The van der Waals surface area contributed by atoms with E-state index < -0.39 is 16.0 Å². The van der Waals surface area contributed by atoms with E-state index in [0.29, 0.717) is 31.8 Å². The summed E-state index contributed by atoms with van der Waals surface area (Å²) in [5.41, 5.74) is 1.66. The molecule has 0 amide bonds. The molecule has 0 aliphatic carbocycles. The Labute approximate surface area is 194 Å². The third-order valence-electron chi connectivity index (χ3n) is 5.73. The molecule has 33 heavy (non-hydrogen) atoms. The minimum Gasteiger partial charge on any atom is -0.478 e. The van der Waals surface area contributed by atoms with Gasteiger partial charge in [0.1, 0.15) is 0 Å². The van der Waals surface area contributed by atoms with Crippen LogP contribution in [0.1, 0.15) is 55.5 Å². The second kappa shape index (κ2) is 10.2. The number of nitrogens with zero attached hydrogens (tertiary/aromatic N) is 1. The first-order chi connectivity index (χ1) is 15.6. The Kier molecular flexibility index (Phi) is 7.63. The van der Waals surface area contributed by atoms with Crippen LogP contribution in [0.4, 0.5) is 11.4 Å². The number of carbonyl (C=O) groups excluding carboxylic acids is 1. The Morgan fingerprint density at radius 1 is 1.18 bits per heavy atom. The van der Waals surface area contributed by atoms with Gasteiger partial charge in [0.05, 0.1) is 34.4 Å². The van der Waals surface area contributed by atoms with Gasteiger partial charge in [0, 0.05) is 13.1 Å². The Morgan fingerprint density at radius 2 is 1.88 bits per heavy atom. The highest BCUT2D eigenvalue weighted by molar-refractivity contribution is 7.92. The van der Waals surface area contributed by atoms with Crippen molar-refractivity contribution in [3.63, 3.8) is 0 Å². The van der Waals surface area contributed by atoms with E-state index >= 15 is 0 Å². The van der Waals surface area contributed by atoms with Gasteiger partial charge in [-0.1, -0.05) is 26.0 Å². The molecule has 1 aliphatic rings. The molecule has 1 atom stereocenters. The first-order valence-electron chi connectivity index (χ1n) is 11.0. The van der Waals surface area contributed by atoms with Crippen LogP contribution in [-0.2, 0) is 19.6 Å². The molecule has 0 saturated carbocycles. The van der Waals surface area contributed by atoms with E-state index in [9.17, 15) is 23.1 Å². The fourth-order valence-corrected chi connectivity index (χ4v) is 4.98. The number of ether oxygens (including phenoxy) is 1. The number of piperidine rings is 1. The predicted octanol–water partition coefficient (Wildman–Crippen LogP) is 4.09. The number of esters is 1. The molecule has 1 fully saturated rings. The van der Waals surface area contributed by atoms with Gasteiger partial charge in [-0.25, -0.2) is 13.2 Å². The highest BCUT2D eigenvalue weighted by atomic mass is 32.2. The van der Waals surface area contributed by atoms with Gasteiger partial charge in [-0.3, -0.25) is 9.52 Å². The number of sulfonamides is 1. The molecule has 9 heteroatoms. The van der Waals surface area contributed by atoms with E-state index in [2.05, 4.69) is 4.72 Å². The summed E-state index contributed by atoms with van der Waals surface area (Å²) in [6.07, 6.45) is 1.42. The molecule has 2 aromatic carbocycles. The van der Waals surface area contributed by atoms with Crippen LogP contribution in [0.15, 0.2) is 47.4 Å². The molecule has 2 N–H and O–H groups in total. The van der Waals surface area contributed by atoms with E-state index in [-0.39, 0.29) is 34.0 Å². The molecule has 0 unspecified atom stereocenters. The summed E-state index contributed by atoms with van der Waals surface area (Å²) in [6, 6.07) is 10.9. The molecule has 1 heterocycles. The standard InChI is InChI=1S/C24H30N2O6S/c1-4-32-24(29)19-6-5-13-26(15-19)22-12-9-18(23(27)28)14-21(22)25-33(30,31)20-10-7-17(8-11-20)16(2)3/h7-12,14,16,19,25H,4-6,13,15H2,1-3H3,(H,27,28)/t19-/m1/s1. The van der Waals surface area contributed by atoms with Crippen LogP contribution in [0.3, 0.4) is 0 Å². The van der Waals surface area contributed by atoms with E-state index in [1.165, 1.54) is 24.3 Å². The van der Waals surface area contributed by atoms with Gasteiger partial charge in [-0.2, -0.15) is 0 Å². The lowest BCUT2D eigenvalue weighted by molar-refractivity contribution is -0.148. The van der Waals surface area contributed by atoms with Crippen molar-refractivity contribution in [2.24, 2.45) is 5.92 Å². The Balaban J connectivity index is 1.94. The van der Waals surface area contributed by atoms with E-state index in [1.54, 1.807) is 25.1 Å². The number of aromatic carboxylic acids is 1. The number of benzene rings is 2. The highest BCUT2D eigenvalue weighted by Crippen LogP contribution is 2.33. The molecule has 0 spiro atoms. The average Bonchev–Trinajstić information content (AvgIpc) is 2.79. The lowest BCUT2D eigenvalue weighted by Gasteiger charge is -2.34. The van der Waals surface area contributed by atoms with Crippen molar-refractivity contribution in [1.29, 1.82) is 0 Å². The molecule has 8 nitrogen and oxygen atoms in total. The van der Waals surface area contributed by atoms with Crippen molar-refractivity contribution in [1.82, 2.24) is 0 Å². The molecule has 178 valence electrons. The van der Waals surface area contributed by atoms with Crippen LogP contribution in [0.2, 0.25) is 0 Å². The average molecular weight is 475 g/mol. The molecule has 1 saturated heterocycles. The number of anilines is 2. The van der Waals surface area contributed by atoms with Gasteiger partial charge in [-0.05, 0) is 61.6 Å². The smallest absolute Gasteiger partial charge is 0.335 e. The Bertz CT molecular complexity index is 1110. The summed E-state index contributed by atoms with van der Waals surface area (Å²) in [5.74, 6) is -1.51. The lowest BCUT2D eigenvalue weighted by atomic mass is 9.97. The van der Waals surface area contributed by atoms with Crippen molar-refractivity contribution in [3.05, 3.63) is 53.6 Å². The molecule has 0 bridgehead atoms. The molecular formula is C24H30N2O6S. The molecule has 3 rings (SSSR count). The number of carbonyl (C=O) groups is 2. The van der Waals surface area contributed by atoms with Gasteiger partial charge in [0.25, 0.3) is 10.0 Å². The van der Waals surface area contributed by atoms with E-state index in [1.807, 2.05) is 18.7 Å². The fourth-order valence-electron chi connectivity index (χ4n) is 3.91. The number of nitrogens with one attached hydrogen (secondary N) is 1. The van der Waals surface area contributed by atoms with Gasteiger partial charge in [0.15, 0.2) is 0 Å². The minimum absolute atomic E-state index is 0.0365. The number of carboxylic acids is 1. The van der Waals surface area contributed by atoms with Crippen molar-refractivity contribution in [2.75, 3.05) is 29.3 Å². The van der Waals surface area contributed by atoms with Crippen molar-refractivity contribution >= 4 is 33.3 Å². The topological polar surface area (TPSA) is 113 Å². The van der Waals surface area contributed by atoms with Gasteiger partial charge >= 0.3 is 11.9 Å². The fraction of sp³-hybridized carbons (Fsp3) is 0.417. The SMILES string of the molecule is CCOC(=O)[C@@H]1CCCN(c2ccc(C(=O)O)cc2NS(=O)(=O)c2ccc(C(C)C)cc2)C1. The van der Waals surface area contributed by atoms with Crippen LogP contribution < -0.4 is 9.62 Å². The summed E-state index contributed by atoms with van der Waals surface area (Å²) >= 11 is 0. The Morgan fingerprint density at radius 3 is 2.48 bits per heavy atom. The summed E-state index contributed by atoms with van der Waals surface area (Å²) < 4.78 is 33.9. The monoisotopic (exact) mass is 474 g/mol. The second-order valence-corrected chi connectivity index (χ2v) is 10.1. The van der Waals surface area contributed by atoms with Crippen molar-refractivity contribution < 1.29 is 27.9 Å². The van der Waals surface area contributed by atoms with E-state index in [0.717, 1.165) is 12.0 Å². The molecule has 0 radical (unpaired) electrons. The molecule has 2 aromatic rings. The summed E-state index contributed by atoms with van der Waals surface area (Å²) in [7, 11) is -3.96. The number of hydrogen-bond donors (Lipinski definition) is 2. The van der Waals surface area contributed by atoms with Gasteiger partial charge in [0.2, 0.25) is 0 Å². The normalized spacial score (nSPS) is 16.5. The summed E-state index contributed by atoms with van der Waals surface area (Å²) in [4.78, 5) is 25.8. The van der Waals surface area contributed by atoms with Crippen LogP contribution in [0, 0.1) is 5.92 Å². The van der Waals surface area contributed by atoms with Gasteiger partial charge < -0.3 is 14.7 Å². The van der Waals surface area contributed by atoms with E-state index in [4.69, 9.17) is 4.74 Å². The third kappa shape index (κ3) is 5.84. The Hall–Kier alpha value is -3.07. The summed E-state index contributed by atoms with van der Waals surface area (Å²) in [5, 5.41) is 9.43. The quantitative estimate of drug-likeness (QED) is 0.554. The minimum atomic E-state index is -3.96. The van der Waals surface area contributed by atoms with Gasteiger partial charge in [-0.15, -0.1) is 0 Å². The number of rotatable bonds is 8. The maximum absolute atomic E-state index is 13.1. The highest BCUT2D eigenvalue weighted by Gasteiger charge is 2.29. The number of carboxylic acid groups (broad SMARTS) is 1. The second-order valence-electron chi connectivity index (χ2n) is 8.40. The first-order valence-corrected chi connectivity index (χ1v) is 12.5. The number of hydrogen-bond acceptors (Lipinski definition) is 6. The molecular weight excluding hydrogens is 444 g/mol. The largest absolute Gasteiger partial charge is 0.478 e. The zero-order valence-electron chi connectivity index (χ0n) is 19.1. The van der Waals surface area contributed by atoms with Crippen molar-refractivity contribution in [3.8, 4) is 0 Å². The van der Waals surface area contributed by atoms with Crippen LogP contribution >= 0.6 is 0 Å². The van der Waals surface area contributed by atoms with Crippen LogP contribution in [0.25, 0.3) is 0 Å². The maximum atomic E-state index is 13.1. The lowest BCUT2D eigenvalue weighted by Crippen LogP contribution is -2.39. The van der Waals surface area contributed by atoms with Crippen LogP contribution in [-0.4, -0.2) is 45.2 Å². The zero-order valence-corrected chi connectivity index (χ0v) is 19.9. The molecule has 0 aromatic heterocycles. The third-order valence-corrected chi connectivity index (χ3v) is 7.11.